The average Bonchev–Trinajstić information content (AvgIpc) is 3.36. The Morgan fingerprint density at radius 3 is 2.36 bits per heavy atom. The van der Waals surface area contributed by atoms with E-state index >= 15 is 0 Å². The molecule has 4 rings (SSSR count). The molecule has 0 saturated heterocycles. The van der Waals surface area contributed by atoms with Crippen LogP contribution >= 0.6 is 0 Å². The molecule has 0 amide bonds. The number of aromatic nitrogens is 3. The Kier molecular flexibility index (Phi) is 8.96. The van der Waals surface area contributed by atoms with Crippen LogP contribution in [0, 0.1) is 11.5 Å². The van der Waals surface area contributed by atoms with Crippen molar-refractivity contribution in [2.45, 2.75) is 71.3 Å². The van der Waals surface area contributed by atoms with Gasteiger partial charge in [0.1, 0.15) is 13.8 Å². The van der Waals surface area contributed by atoms with Crippen molar-refractivity contribution in [3.05, 3.63) is 72.4 Å². The van der Waals surface area contributed by atoms with Crippen molar-refractivity contribution >= 4 is 8.07 Å². The number of nitrogens with zero attached hydrogens (tertiary/aromatic N) is 4. The third-order valence-corrected chi connectivity index (χ3v) is 7.54. The van der Waals surface area contributed by atoms with Gasteiger partial charge in [-0.1, -0.05) is 98.4 Å². The standard InChI is InChI=1S/C31H40N4Si/c1-5-21-34(30-18-12-26(13-19-30)20-24-36(2,3)4)22-9-23-35-25-31(32-33-35)29-16-14-28(15-17-29)27-10-7-6-8-11-27/h6-8,10-12,14-17,25,30H,5,9,13,18-19,21-23H2,1-4H3. The Hall–Kier alpha value is -2.94. The van der Waals surface area contributed by atoms with Crippen LogP contribution in [-0.2, 0) is 6.54 Å². The minimum Gasteiger partial charge on any atom is -0.300 e. The van der Waals surface area contributed by atoms with Gasteiger partial charge in [0, 0.05) is 24.7 Å². The van der Waals surface area contributed by atoms with Crippen LogP contribution in [0.4, 0.5) is 0 Å². The van der Waals surface area contributed by atoms with Crippen LogP contribution in [0.25, 0.3) is 22.4 Å². The zero-order chi connectivity index (χ0) is 25.4. The van der Waals surface area contributed by atoms with E-state index < -0.39 is 8.07 Å². The summed E-state index contributed by atoms with van der Waals surface area (Å²) in [7, 11) is -1.31. The summed E-state index contributed by atoms with van der Waals surface area (Å²) in [5.41, 5.74) is 9.38. The monoisotopic (exact) mass is 496 g/mol. The number of aryl methyl sites for hydroxylation is 1. The zero-order valence-electron chi connectivity index (χ0n) is 22.4. The van der Waals surface area contributed by atoms with E-state index in [1.807, 2.05) is 10.7 Å². The lowest BCUT2D eigenvalue weighted by molar-refractivity contribution is 0.178. The van der Waals surface area contributed by atoms with E-state index in [0.29, 0.717) is 6.04 Å². The van der Waals surface area contributed by atoms with Crippen molar-refractivity contribution in [1.29, 1.82) is 0 Å². The molecule has 1 aliphatic rings. The molecule has 2 aromatic carbocycles. The van der Waals surface area contributed by atoms with Crippen LogP contribution in [0.1, 0.15) is 39.0 Å². The molecule has 1 aromatic heterocycles. The summed E-state index contributed by atoms with van der Waals surface area (Å²) in [6.45, 7) is 12.4. The summed E-state index contributed by atoms with van der Waals surface area (Å²) in [5, 5.41) is 8.84. The van der Waals surface area contributed by atoms with Crippen LogP contribution in [-0.4, -0.2) is 47.1 Å². The lowest BCUT2D eigenvalue weighted by atomic mass is 9.94. The van der Waals surface area contributed by atoms with E-state index in [4.69, 9.17) is 0 Å². The summed E-state index contributed by atoms with van der Waals surface area (Å²) in [4.78, 5) is 2.68. The second-order valence-corrected chi connectivity index (χ2v) is 15.6. The maximum atomic E-state index is 4.44. The number of hydrogen-bond acceptors (Lipinski definition) is 3. The van der Waals surface area contributed by atoms with Gasteiger partial charge >= 0.3 is 0 Å². The molecule has 3 aromatic rings. The minimum absolute atomic E-state index is 0.636. The fraction of sp³-hybridized carbons (Fsp3) is 0.419. The van der Waals surface area contributed by atoms with Gasteiger partial charge in [0.25, 0.3) is 0 Å². The van der Waals surface area contributed by atoms with Crippen LogP contribution in [0.15, 0.2) is 72.4 Å². The van der Waals surface area contributed by atoms with Gasteiger partial charge in [-0.05, 0) is 55.3 Å². The summed E-state index contributed by atoms with van der Waals surface area (Å²) in [6.07, 6.45) is 10.2. The fourth-order valence-electron chi connectivity index (χ4n) is 4.74. The fourth-order valence-corrected chi connectivity index (χ4v) is 5.27. The molecule has 1 heterocycles. The predicted octanol–water partition coefficient (Wildman–Crippen LogP) is 7.07. The topological polar surface area (TPSA) is 34.0 Å². The Morgan fingerprint density at radius 2 is 1.69 bits per heavy atom. The first kappa shape index (κ1) is 26.1. The molecule has 1 aliphatic carbocycles. The normalized spacial score (nSPS) is 15.9. The highest BCUT2D eigenvalue weighted by Gasteiger charge is 2.20. The molecular weight excluding hydrogens is 456 g/mol. The van der Waals surface area contributed by atoms with E-state index in [9.17, 15) is 0 Å². The van der Waals surface area contributed by atoms with Crippen molar-refractivity contribution in [3.63, 3.8) is 0 Å². The molecule has 1 unspecified atom stereocenters. The molecule has 0 N–H and O–H groups in total. The SMILES string of the molecule is CCCN(CCCn1cc(-c2ccc(-c3ccccc3)cc2)nn1)C1CC=C(C#C[Si](C)(C)C)CC1. The van der Waals surface area contributed by atoms with Crippen LogP contribution in [0.3, 0.4) is 0 Å². The minimum atomic E-state index is -1.31. The van der Waals surface area contributed by atoms with Gasteiger partial charge in [0.05, 0.1) is 6.20 Å². The molecule has 0 spiro atoms. The quantitative estimate of drug-likeness (QED) is 0.235. The number of benzene rings is 2. The largest absolute Gasteiger partial charge is 0.300 e. The Labute approximate surface area is 218 Å². The molecule has 5 heteroatoms. The van der Waals surface area contributed by atoms with Gasteiger partial charge in [-0.3, -0.25) is 4.68 Å². The molecule has 0 saturated carbocycles. The number of hydrogen-bond donors (Lipinski definition) is 0. The highest BCUT2D eigenvalue weighted by molar-refractivity contribution is 6.83. The van der Waals surface area contributed by atoms with E-state index in [1.165, 1.54) is 29.5 Å². The average molecular weight is 497 g/mol. The smallest absolute Gasteiger partial charge is 0.129 e. The second-order valence-electron chi connectivity index (χ2n) is 10.9. The molecule has 0 radical (unpaired) electrons. The van der Waals surface area contributed by atoms with Gasteiger partial charge in [-0.2, -0.15) is 0 Å². The molecule has 0 aliphatic heterocycles. The van der Waals surface area contributed by atoms with Crippen LogP contribution < -0.4 is 0 Å². The Morgan fingerprint density at radius 1 is 0.972 bits per heavy atom. The van der Waals surface area contributed by atoms with Crippen molar-refractivity contribution in [2.75, 3.05) is 13.1 Å². The molecule has 4 nitrogen and oxygen atoms in total. The Balaban J connectivity index is 1.30. The molecule has 0 bridgehead atoms. The van der Waals surface area contributed by atoms with Crippen molar-refractivity contribution in [3.8, 4) is 33.8 Å². The zero-order valence-corrected chi connectivity index (χ0v) is 23.4. The lowest BCUT2D eigenvalue weighted by Gasteiger charge is -2.33. The summed E-state index contributed by atoms with van der Waals surface area (Å²) >= 11 is 0. The second kappa shape index (κ2) is 12.3. The first-order valence-corrected chi connectivity index (χ1v) is 16.9. The maximum Gasteiger partial charge on any atom is 0.129 e. The summed E-state index contributed by atoms with van der Waals surface area (Å²) < 4.78 is 2.00. The van der Waals surface area contributed by atoms with Gasteiger partial charge in [-0.15, -0.1) is 10.6 Å². The molecule has 0 fully saturated rings. The van der Waals surface area contributed by atoms with E-state index in [1.54, 1.807) is 0 Å². The third-order valence-electron chi connectivity index (χ3n) is 6.67. The number of allylic oxidation sites excluding steroid dienone is 1. The predicted molar refractivity (Wildman–Crippen MR) is 154 cm³/mol. The maximum absolute atomic E-state index is 4.44. The number of rotatable bonds is 9. The molecule has 1 atom stereocenters. The lowest BCUT2D eigenvalue weighted by Crippen LogP contribution is -2.38. The summed E-state index contributed by atoms with van der Waals surface area (Å²) in [6, 6.07) is 19.7. The van der Waals surface area contributed by atoms with Crippen LogP contribution in [0.5, 0.6) is 0 Å². The first-order valence-electron chi connectivity index (χ1n) is 13.4. The first-order chi connectivity index (χ1) is 17.4. The van der Waals surface area contributed by atoms with Gasteiger partial charge < -0.3 is 4.90 Å². The van der Waals surface area contributed by atoms with E-state index in [-0.39, 0.29) is 0 Å². The molecular formula is C31H40N4Si. The van der Waals surface area contributed by atoms with Crippen molar-refractivity contribution < 1.29 is 0 Å². The van der Waals surface area contributed by atoms with E-state index in [0.717, 1.165) is 50.2 Å². The van der Waals surface area contributed by atoms with Crippen molar-refractivity contribution in [1.82, 2.24) is 19.9 Å². The van der Waals surface area contributed by atoms with Crippen LogP contribution in [0.2, 0.25) is 19.6 Å². The van der Waals surface area contributed by atoms with Gasteiger partial charge in [0.15, 0.2) is 0 Å². The summed E-state index contributed by atoms with van der Waals surface area (Å²) in [5.74, 6) is 3.48. The Bertz CT molecular complexity index is 1190. The van der Waals surface area contributed by atoms with E-state index in [2.05, 4.69) is 114 Å². The van der Waals surface area contributed by atoms with Gasteiger partial charge in [-0.25, -0.2) is 0 Å². The van der Waals surface area contributed by atoms with Gasteiger partial charge in [0.2, 0.25) is 0 Å². The highest BCUT2D eigenvalue weighted by Crippen LogP contribution is 2.25. The third kappa shape index (κ3) is 7.53. The molecule has 36 heavy (non-hydrogen) atoms. The highest BCUT2D eigenvalue weighted by atomic mass is 28.3. The molecule has 188 valence electrons. The van der Waals surface area contributed by atoms with Crippen molar-refractivity contribution in [2.24, 2.45) is 0 Å².